The molecule has 0 spiro atoms. The van der Waals surface area contributed by atoms with Crippen LogP contribution in [0.4, 0.5) is 5.69 Å². The molecule has 1 aromatic carbocycles. The lowest BCUT2D eigenvalue weighted by molar-refractivity contribution is -0.137. The largest absolute Gasteiger partial charge is 0.481 e. The van der Waals surface area contributed by atoms with Crippen LogP contribution in [-0.4, -0.2) is 16.6 Å². The molecule has 0 bridgehead atoms. The van der Waals surface area contributed by atoms with Crippen molar-refractivity contribution in [2.24, 2.45) is 0 Å². The van der Waals surface area contributed by atoms with Gasteiger partial charge in [-0.3, -0.25) is 4.79 Å². The Balaban J connectivity index is 2.30. The lowest BCUT2D eigenvalue weighted by Crippen LogP contribution is -2.25. The fourth-order valence-electron chi connectivity index (χ4n) is 2.20. The second kappa shape index (κ2) is 7.93. The Bertz CT molecular complexity index is 421. The predicted octanol–water partition coefficient (Wildman–Crippen LogP) is 4.47. The molecule has 1 aromatic rings. The quantitative estimate of drug-likeness (QED) is 0.689. The van der Waals surface area contributed by atoms with E-state index in [1.165, 1.54) is 11.3 Å². The van der Waals surface area contributed by atoms with Gasteiger partial charge in [0, 0.05) is 17.6 Å². The molecule has 0 atom stereocenters. The molecular weight excluding hydrogens is 250 g/mol. The lowest BCUT2D eigenvalue weighted by Gasteiger charge is -2.22. The predicted molar refractivity (Wildman–Crippen MR) is 84.2 cm³/mol. The molecule has 0 aliphatic rings. The van der Waals surface area contributed by atoms with Crippen molar-refractivity contribution in [1.82, 2.24) is 0 Å². The number of rotatable bonds is 8. The number of nitrogens with one attached hydrogen (secondary N) is 1. The molecule has 2 N–H and O–H groups in total. The van der Waals surface area contributed by atoms with Crippen LogP contribution >= 0.6 is 0 Å². The maximum Gasteiger partial charge on any atom is 0.303 e. The summed E-state index contributed by atoms with van der Waals surface area (Å²) in [5.74, 6) is -0.689. The van der Waals surface area contributed by atoms with Crippen molar-refractivity contribution in [3.8, 4) is 0 Å². The van der Waals surface area contributed by atoms with E-state index in [1.54, 1.807) is 0 Å². The number of anilines is 1. The van der Waals surface area contributed by atoms with Crippen molar-refractivity contribution in [3.63, 3.8) is 0 Å². The highest BCUT2D eigenvalue weighted by Crippen LogP contribution is 2.17. The van der Waals surface area contributed by atoms with Crippen LogP contribution in [0.5, 0.6) is 0 Å². The van der Waals surface area contributed by atoms with Gasteiger partial charge in [-0.05, 0) is 57.7 Å². The third-order valence-electron chi connectivity index (χ3n) is 3.05. The number of hydrogen-bond acceptors (Lipinski definition) is 2. The SMILES string of the molecule is CC(C)(C)Nc1cccc(CCCCCCC(=O)O)c1. The summed E-state index contributed by atoms with van der Waals surface area (Å²) in [5.41, 5.74) is 2.59. The molecule has 0 radical (unpaired) electrons. The minimum absolute atomic E-state index is 0.0788. The second-order valence-electron chi connectivity index (χ2n) is 6.38. The second-order valence-corrected chi connectivity index (χ2v) is 6.38. The van der Waals surface area contributed by atoms with Gasteiger partial charge >= 0.3 is 5.97 Å². The molecule has 0 aliphatic carbocycles. The minimum Gasteiger partial charge on any atom is -0.481 e. The topological polar surface area (TPSA) is 49.3 Å². The van der Waals surface area contributed by atoms with Crippen molar-refractivity contribution in [2.75, 3.05) is 5.32 Å². The van der Waals surface area contributed by atoms with Gasteiger partial charge in [-0.25, -0.2) is 0 Å². The van der Waals surface area contributed by atoms with Crippen LogP contribution in [0.15, 0.2) is 24.3 Å². The first-order valence-electron chi connectivity index (χ1n) is 7.46. The first kappa shape index (κ1) is 16.5. The van der Waals surface area contributed by atoms with Crippen molar-refractivity contribution >= 4 is 11.7 Å². The van der Waals surface area contributed by atoms with E-state index >= 15 is 0 Å². The average molecular weight is 277 g/mol. The van der Waals surface area contributed by atoms with E-state index in [0.717, 1.165) is 32.1 Å². The molecule has 1 rings (SSSR count). The first-order chi connectivity index (χ1) is 9.37. The van der Waals surface area contributed by atoms with Gasteiger partial charge in [0.25, 0.3) is 0 Å². The molecule has 3 heteroatoms. The fourth-order valence-corrected chi connectivity index (χ4v) is 2.20. The Morgan fingerprint density at radius 3 is 2.50 bits per heavy atom. The number of aliphatic carboxylic acids is 1. The van der Waals surface area contributed by atoms with E-state index in [4.69, 9.17) is 5.11 Å². The number of benzene rings is 1. The zero-order chi connectivity index (χ0) is 15.0. The smallest absolute Gasteiger partial charge is 0.303 e. The molecule has 20 heavy (non-hydrogen) atoms. The highest BCUT2D eigenvalue weighted by Gasteiger charge is 2.09. The van der Waals surface area contributed by atoms with Gasteiger partial charge in [0.15, 0.2) is 0 Å². The Morgan fingerprint density at radius 2 is 1.85 bits per heavy atom. The summed E-state index contributed by atoms with van der Waals surface area (Å²) in [6, 6.07) is 8.56. The Morgan fingerprint density at radius 1 is 1.15 bits per heavy atom. The summed E-state index contributed by atoms with van der Waals surface area (Å²) in [6.07, 6.45) is 5.38. The van der Waals surface area contributed by atoms with Gasteiger partial charge in [-0.15, -0.1) is 0 Å². The van der Waals surface area contributed by atoms with Crippen LogP contribution in [0.1, 0.15) is 58.4 Å². The van der Waals surface area contributed by atoms with Gasteiger partial charge in [0.05, 0.1) is 0 Å². The minimum atomic E-state index is -0.689. The molecule has 0 heterocycles. The van der Waals surface area contributed by atoms with Crippen molar-refractivity contribution in [3.05, 3.63) is 29.8 Å². The standard InChI is InChI=1S/C17H27NO2/c1-17(2,3)18-15-11-8-10-14(13-15)9-6-4-5-7-12-16(19)20/h8,10-11,13,18H,4-7,9,12H2,1-3H3,(H,19,20). The summed E-state index contributed by atoms with van der Waals surface area (Å²) in [4.78, 5) is 10.4. The Hall–Kier alpha value is -1.51. The van der Waals surface area contributed by atoms with E-state index in [-0.39, 0.29) is 5.54 Å². The number of hydrogen-bond donors (Lipinski definition) is 2. The molecule has 3 nitrogen and oxygen atoms in total. The van der Waals surface area contributed by atoms with Crippen molar-refractivity contribution in [1.29, 1.82) is 0 Å². The maximum atomic E-state index is 10.4. The molecule has 0 aromatic heterocycles. The van der Waals surface area contributed by atoms with Crippen molar-refractivity contribution in [2.45, 2.75) is 64.8 Å². The van der Waals surface area contributed by atoms with Crippen LogP contribution in [-0.2, 0) is 11.2 Å². The zero-order valence-electron chi connectivity index (χ0n) is 12.9. The summed E-state index contributed by atoms with van der Waals surface area (Å²) in [6.45, 7) is 6.46. The Kier molecular flexibility index (Phi) is 6.56. The number of aryl methyl sites for hydroxylation is 1. The van der Waals surface area contributed by atoms with Crippen LogP contribution < -0.4 is 5.32 Å². The molecule has 0 aliphatic heterocycles. The fraction of sp³-hybridized carbons (Fsp3) is 0.588. The molecule has 0 saturated heterocycles. The van der Waals surface area contributed by atoms with Crippen LogP contribution in [0, 0.1) is 0 Å². The van der Waals surface area contributed by atoms with E-state index in [9.17, 15) is 4.79 Å². The molecule has 112 valence electrons. The van der Waals surface area contributed by atoms with E-state index in [2.05, 4.69) is 50.4 Å². The monoisotopic (exact) mass is 277 g/mol. The maximum absolute atomic E-state index is 10.4. The lowest BCUT2D eigenvalue weighted by atomic mass is 10.0. The summed E-state index contributed by atoms with van der Waals surface area (Å²) in [5, 5.41) is 12.0. The molecule has 0 unspecified atom stereocenters. The van der Waals surface area contributed by atoms with E-state index < -0.39 is 5.97 Å². The number of carboxylic acid groups (broad SMARTS) is 1. The summed E-state index contributed by atoms with van der Waals surface area (Å²) in [7, 11) is 0. The zero-order valence-corrected chi connectivity index (χ0v) is 12.9. The number of carbonyl (C=O) groups is 1. The molecular formula is C17H27NO2. The summed E-state index contributed by atoms with van der Waals surface area (Å²) < 4.78 is 0. The van der Waals surface area contributed by atoms with Gasteiger partial charge in [0.1, 0.15) is 0 Å². The number of carboxylic acids is 1. The van der Waals surface area contributed by atoms with Crippen LogP contribution in [0.2, 0.25) is 0 Å². The third-order valence-corrected chi connectivity index (χ3v) is 3.05. The molecule has 0 amide bonds. The number of unbranched alkanes of at least 4 members (excludes halogenated alkanes) is 3. The third kappa shape index (κ3) is 7.82. The van der Waals surface area contributed by atoms with Crippen molar-refractivity contribution < 1.29 is 9.90 Å². The Labute approximate surface area is 122 Å². The van der Waals surface area contributed by atoms with Gasteiger partial charge in [-0.1, -0.05) is 25.0 Å². The summed E-state index contributed by atoms with van der Waals surface area (Å²) >= 11 is 0. The normalized spacial score (nSPS) is 11.3. The van der Waals surface area contributed by atoms with Gasteiger partial charge < -0.3 is 10.4 Å². The van der Waals surface area contributed by atoms with Crippen LogP contribution in [0.3, 0.4) is 0 Å². The highest BCUT2D eigenvalue weighted by molar-refractivity contribution is 5.66. The highest BCUT2D eigenvalue weighted by atomic mass is 16.4. The van der Waals surface area contributed by atoms with Gasteiger partial charge in [0.2, 0.25) is 0 Å². The average Bonchev–Trinajstić information content (AvgIpc) is 2.31. The first-order valence-corrected chi connectivity index (χ1v) is 7.46. The van der Waals surface area contributed by atoms with E-state index in [0.29, 0.717) is 6.42 Å². The van der Waals surface area contributed by atoms with E-state index in [1.807, 2.05) is 0 Å². The molecule has 0 fully saturated rings. The van der Waals surface area contributed by atoms with Crippen LogP contribution in [0.25, 0.3) is 0 Å². The van der Waals surface area contributed by atoms with Gasteiger partial charge in [-0.2, -0.15) is 0 Å². The molecule has 0 saturated carbocycles.